The van der Waals surface area contributed by atoms with Crippen LogP contribution in [0.15, 0.2) is 31.0 Å². The number of pyridine rings is 1. The third-order valence-corrected chi connectivity index (χ3v) is 7.94. The first-order valence-corrected chi connectivity index (χ1v) is 13.9. The van der Waals surface area contributed by atoms with Crippen molar-refractivity contribution >= 4 is 56.7 Å². The van der Waals surface area contributed by atoms with Crippen LogP contribution in [0.2, 0.25) is 10.2 Å². The predicted molar refractivity (Wildman–Crippen MR) is 155 cm³/mol. The first-order valence-electron chi connectivity index (χ1n) is 13.2. The van der Waals surface area contributed by atoms with Crippen LogP contribution in [-0.4, -0.2) is 106 Å². The average molecular weight is 617 g/mol. The Morgan fingerprint density at radius 3 is 2.62 bits per heavy atom. The van der Waals surface area contributed by atoms with E-state index in [9.17, 15) is 9.18 Å². The molecule has 2 aliphatic heterocycles. The van der Waals surface area contributed by atoms with E-state index in [4.69, 9.17) is 42.4 Å². The topological polar surface area (TPSA) is 122 Å². The van der Waals surface area contributed by atoms with Gasteiger partial charge in [0.25, 0.3) is 0 Å². The van der Waals surface area contributed by atoms with Crippen LogP contribution in [0, 0.1) is 5.82 Å². The molecule has 6 rings (SSSR count). The maximum Gasteiger partial charge on any atom is 0.319 e. The fourth-order valence-electron chi connectivity index (χ4n) is 5.27. The minimum atomic E-state index is -0.697. The maximum atomic E-state index is 14.7. The number of halogens is 3. The number of hydrogen-bond donors (Lipinski definition) is 1. The van der Waals surface area contributed by atoms with E-state index in [-0.39, 0.29) is 51.4 Å². The van der Waals surface area contributed by atoms with Crippen molar-refractivity contribution in [3.8, 4) is 17.6 Å². The van der Waals surface area contributed by atoms with Crippen LogP contribution in [0.25, 0.3) is 21.8 Å². The molecular weight excluding hydrogens is 590 g/mol. The Bertz CT molecular complexity index is 1680. The van der Waals surface area contributed by atoms with Crippen molar-refractivity contribution in [3.05, 3.63) is 47.0 Å². The fourth-order valence-corrected chi connectivity index (χ4v) is 5.65. The summed E-state index contributed by atoms with van der Waals surface area (Å²) in [6, 6.07) is 2.94. The first kappa shape index (κ1) is 28.3. The van der Waals surface area contributed by atoms with E-state index in [1.54, 1.807) is 18.1 Å². The zero-order valence-electron chi connectivity index (χ0n) is 22.8. The lowest BCUT2D eigenvalue weighted by molar-refractivity contribution is -0.126. The van der Waals surface area contributed by atoms with Crippen molar-refractivity contribution in [1.29, 1.82) is 0 Å². The van der Waals surface area contributed by atoms with E-state index >= 15 is 0 Å². The van der Waals surface area contributed by atoms with Crippen LogP contribution in [0.1, 0.15) is 0 Å². The molecule has 0 saturated carbocycles. The number of anilines is 1. The van der Waals surface area contributed by atoms with E-state index < -0.39 is 5.82 Å². The Hall–Kier alpha value is -3.78. The van der Waals surface area contributed by atoms with Gasteiger partial charge in [-0.3, -0.25) is 14.8 Å². The van der Waals surface area contributed by atoms with Crippen molar-refractivity contribution in [1.82, 2.24) is 34.9 Å². The number of piperazine rings is 1. The molecule has 2 aliphatic rings. The number of methoxy groups -OCH3 is 1. The van der Waals surface area contributed by atoms with Crippen LogP contribution in [0.4, 0.5) is 10.2 Å². The second-order valence-corrected chi connectivity index (χ2v) is 10.8. The third-order valence-electron chi connectivity index (χ3n) is 7.39. The summed E-state index contributed by atoms with van der Waals surface area (Å²) in [5.74, 6) is -0.325. The number of hydrogen-bond acceptors (Lipinski definition) is 10. The highest BCUT2D eigenvalue weighted by molar-refractivity contribution is 6.33. The molecule has 2 saturated heterocycles. The number of aromatic amines is 1. The number of nitrogens with one attached hydrogen (secondary N) is 1. The van der Waals surface area contributed by atoms with Crippen LogP contribution in [0.5, 0.6) is 17.6 Å². The summed E-state index contributed by atoms with van der Waals surface area (Å²) in [4.78, 5) is 31.9. The molecule has 4 aromatic rings. The molecule has 2 fully saturated rings. The van der Waals surface area contributed by atoms with Crippen LogP contribution in [0.3, 0.4) is 0 Å². The molecule has 1 N–H and O–H groups in total. The number of amides is 1. The number of ether oxygens (including phenoxy) is 3. The van der Waals surface area contributed by atoms with Crippen molar-refractivity contribution in [2.45, 2.75) is 12.2 Å². The summed E-state index contributed by atoms with van der Waals surface area (Å²) in [5.41, 5.74) is 0.668. The molecule has 0 aliphatic carbocycles. The van der Waals surface area contributed by atoms with Gasteiger partial charge in [0, 0.05) is 52.4 Å². The molecule has 1 aromatic carbocycles. The molecule has 0 bridgehead atoms. The Labute approximate surface area is 250 Å². The minimum Gasteiger partial charge on any atom is -0.456 e. The van der Waals surface area contributed by atoms with Gasteiger partial charge < -0.3 is 24.0 Å². The zero-order valence-corrected chi connectivity index (χ0v) is 24.3. The molecule has 1 amide bonds. The van der Waals surface area contributed by atoms with E-state index in [2.05, 4.69) is 31.6 Å². The lowest BCUT2D eigenvalue weighted by Gasteiger charge is -2.35. The highest BCUT2D eigenvalue weighted by Gasteiger charge is 2.34. The number of carbonyl (C=O) groups excluding carboxylic acids is 1. The second kappa shape index (κ2) is 11.5. The van der Waals surface area contributed by atoms with E-state index in [1.807, 2.05) is 11.9 Å². The number of fused-ring (bicyclic) bond motifs is 2. The molecule has 12 nitrogen and oxygen atoms in total. The number of aromatic nitrogens is 5. The van der Waals surface area contributed by atoms with E-state index in [1.165, 1.54) is 18.3 Å². The van der Waals surface area contributed by atoms with Gasteiger partial charge >= 0.3 is 6.01 Å². The number of likely N-dealkylation sites (N-methyl/N-ethyl adjacent to an activating group) is 1. The molecule has 220 valence electrons. The first-order chi connectivity index (χ1) is 20.2. The highest BCUT2D eigenvalue weighted by Crippen LogP contribution is 2.41. The van der Waals surface area contributed by atoms with Gasteiger partial charge in [0.1, 0.15) is 39.5 Å². The second-order valence-electron chi connectivity index (χ2n) is 10.1. The fraction of sp³-hybridized carbons (Fsp3) is 0.370. The molecule has 0 radical (unpaired) electrons. The highest BCUT2D eigenvalue weighted by atomic mass is 35.5. The van der Waals surface area contributed by atoms with Crippen LogP contribution < -0.4 is 14.4 Å². The molecule has 42 heavy (non-hydrogen) atoms. The van der Waals surface area contributed by atoms with Crippen LogP contribution in [-0.2, 0) is 9.53 Å². The number of rotatable bonds is 7. The number of nitrogens with zero attached hydrogens (tertiary/aromatic N) is 7. The van der Waals surface area contributed by atoms with Gasteiger partial charge in [-0.1, -0.05) is 29.8 Å². The minimum absolute atomic E-state index is 0.00697. The molecule has 0 spiro atoms. The van der Waals surface area contributed by atoms with Gasteiger partial charge in [0.2, 0.25) is 11.8 Å². The molecule has 5 heterocycles. The lowest BCUT2D eigenvalue weighted by Crippen LogP contribution is -2.48. The largest absolute Gasteiger partial charge is 0.456 e. The normalized spacial score (nSPS) is 19.5. The van der Waals surface area contributed by atoms with E-state index in [0.29, 0.717) is 61.4 Å². The smallest absolute Gasteiger partial charge is 0.319 e. The Morgan fingerprint density at radius 1 is 1.12 bits per heavy atom. The summed E-state index contributed by atoms with van der Waals surface area (Å²) in [5, 5.41) is 7.53. The quantitative estimate of drug-likeness (QED) is 0.243. The summed E-state index contributed by atoms with van der Waals surface area (Å²) in [6.45, 7) is 6.78. The Kier molecular flexibility index (Phi) is 7.75. The van der Waals surface area contributed by atoms with Gasteiger partial charge in [-0.05, 0) is 19.2 Å². The standard InChI is InChI=1S/C27H27Cl2FN8O4/c1-4-21(39)37-5-7-38(8-6-37)25-14-9-20(28)32-26(42-24-15-11-31-35-17(15)10-16(30)22(24)29)23(14)33-27(34-25)41-19-13-36(2)12-18(19)40-3/h4,9-11,18-19H,1,5-8,12-13H2,2-3H3,(H,31,35)/t18-,19+/m0/s1. The lowest BCUT2D eigenvalue weighted by atomic mass is 10.2. The molecule has 3 aromatic heterocycles. The predicted octanol–water partition coefficient (Wildman–Crippen LogP) is 3.68. The van der Waals surface area contributed by atoms with E-state index in [0.717, 1.165) is 0 Å². The molecule has 2 atom stereocenters. The van der Waals surface area contributed by atoms with Crippen LogP contribution >= 0.6 is 23.2 Å². The van der Waals surface area contributed by atoms with Gasteiger partial charge in [-0.25, -0.2) is 4.39 Å². The average Bonchev–Trinajstić information content (AvgIpc) is 3.60. The summed E-state index contributed by atoms with van der Waals surface area (Å²) in [6.07, 6.45) is 2.25. The van der Waals surface area contributed by atoms with Gasteiger partial charge in [-0.2, -0.15) is 20.1 Å². The number of likely N-dealkylation sites (tertiary alicyclic amines) is 1. The monoisotopic (exact) mass is 616 g/mol. The van der Waals surface area contributed by atoms with Crippen molar-refractivity contribution in [2.75, 3.05) is 58.3 Å². The summed E-state index contributed by atoms with van der Waals surface area (Å²) in [7, 11) is 3.61. The van der Waals surface area contributed by atoms with Crippen molar-refractivity contribution in [2.24, 2.45) is 0 Å². The van der Waals surface area contributed by atoms with Crippen molar-refractivity contribution in [3.63, 3.8) is 0 Å². The Balaban J connectivity index is 1.46. The van der Waals surface area contributed by atoms with Gasteiger partial charge in [0.05, 0.1) is 22.5 Å². The van der Waals surface area contributed by atoms with Gasteiger partial charge in [-0.15, -0.1) is 0 Å². The summed E-state index contributed by atoms with van der Waals surface area (Å²) < 4.78 is 32.8. The maximum absolute atomic E-state index is 14.7. The number of carbonyl (C=O) groups is 1. The van der Waals surface area contributed by atoms with Crippen molar-refractivity contribution < 1.29 is 23.4 Å². The molecule has 0 unspecified atom stereocenters. The SMILES string of the molecule is C=CC(=O)N1CCN(c2nc(O[C@@H]3CN(C)C[C@@H]3OC)nc3c(Oc4c(Cl)c(F)cc5[nH]ncc45)nc(Cl)cc23)CC1. The Morgan fingerprint density at radius 2 is 1.88 bits per heavy atom. The third kappa shape index (κ3) is 5.28. The van der Waals surface area contributed by atoms with Gasteiger partial charge in [0.15, 0.2) is 5.75 Å². The molecular formula is C27H27Cl2FN8O4. The number of benzene rings is 1. The molecule has 15 heteroatoms. The number of H-pyrrole nitrogens is 1. The summed E-state index contributed by atoms with van der Waals surface area (Å²) >= 11 is 12.8. The zero-order chi connectivity index (χ0) is 29.5.